The molecule has 21 heavy (non-hydrogen) atoms. The zero-order chi connectivity index (χ0) is 14.5. The molecule has 2 heterocycles. The SMILES string of the molecule is Cc1ccc(CNc2ccc(Cn3cccn3)cc2)cn1. The van der Waals surface area contributed by atoms with Gasteiger partial charge >= 0.3 is 0 Å². The summed E-state index contributed by atoms with van der Waals surface area (Å²) in [6.45, 7) is 3.58. The van der Waals surface area contributed by atoms with E-state index in [-0.39, 0.29) is 0 Å². The number of anilines is 1. The standard InChI is InChI=1S/C17H18N4/c1-14-3-4-16(11-18-14)12-19-17-7-5-15(6-8-17)13-21-10-2-9-20-21/h2-11,19H,12-13H2,1H3. The first kappa shape index (κ1) is 13.4. The van der Waals surface area contributed by atoms with Crippen LogP contribution in [0.5, 0.6) is 0 Å². The predicted molar refractivity (Wildman–Crippen MR) is 84.1 cm³/mol. The van der Waals surface area contributed by atoms with Crippen LogP contribution in [0.4, 0.5) is 5.69 Å². The third-order valence-electron chi connectivity index (χ3n) is 3.33. The van der Waals surface area contributed by atoms with Crippen LogP contribution < -0.4 is 5.32 Å². The molecular weight excluding hydrogens is 260 g/mol. The van der Waals surface area contributed by atoms with Gasteiger partial charge in [0.15, 0.2) is 0 Å². The monoisotopic (exact) mass is 278 g/mol. The number of aryl methyl sites for hydroxylation is 1. The molecule has 0 saturated carbocycles. The number of hydrogen-bond acceptors (Lipinski definition) is 3. The van der Waals surface area contributed by atoms with E-state index < -0.39 is 0 Å². The molecular formula is C17H18N4. The van der Waals surface area contributed by atoms with Crippen molar-refractivity contribution in [1.82, 2.24) is 14.8 Å². The summed E-state index contributed by atoms with van der Waals surface area (Å²) in [4.78, 5) is 4.30. The van der Waals surface area contributed by atoms with Crippen molar-refractivity contribution in [2.45, 2.75) is 20.0 Å². The van der Waals surface area contributed by atoms with Gasteiger partial charge in [-0.2, -0.15) is 5.10 Å². The molecule has 2 aromatic heterocycles. The second-order valence-corrected chi connectivity index (χ2v) is 5.06. The summed E-state index contributed by atoms with van der Waals surface area (Å²) in [5, 5.41) is 7.62. The van der Waals surface area contributed by atoms with E-state index in [4.69, 9.17) is 0 Å². The zero-order valence-electron chi connectivity index (χ0n) is 12.0. The van der Waals surface area contributed by atoms with Gasteiger partial charge in [-0.25, -0.2) is 0 Å². The number of pyridine rings is 1. The van der Waals surface area contributed by atoms with Crippen molar-refractivity contribution >= 4 is 5.69 Å². The van der Waals surface area contributed by atoms with Gasteiger partial charge in [0, 0.05) is 36.5 Å². The van der Waals surface area contributed by atoms with Crippen LogP contribution in [0.2, 0.25) is 0 Å². The fourth-order valence-corrected chi connectivity index (χ4v) is 2.12. The number of hydrogen-bond donors (Lipinski definition) is 1. The molecule has 4 heteroatoms. The van der Waals surface area contributed by atoms with Crippen LogP contribution >= 0.6 is 0 Å². The number of nitrogens with one attached hydrogen (secondary N) is 1. The maximum atomic E-state index is 4.30. The lowest BCUT2D eigenvalue weighted by Crippen LogP contribution is -2.02. The van der Waals surface area contributed by atoms with Crippen LogP contribution in [0.3, 0.4) is 0 Å². The fourth-order valence-electron chi connectivity index (χ4n) is 2.12. The van der Waals surface area contributed by atoms with Crippen molar-refractivity contribution in [3.05, 3.63) is 77.9 Å². The van der Waals surface area contributed by atoms with E-state index in [1.165, 1.54) is 11.1 Å². The van der Waals surface area contributed by atoms with Gasteiger partial charge in [0.25, 0.3) is 0 Å². The minimum atomic E-state index is 0.784. The van der Waals surface area contributed by atoms with E-state index in [9.17, 15) is 0 Å². The zero-order valence-corrected chi connectivity index (χ0v) is 12.0. The Labute approximate surface area is 124 Å². The van der Waals surface area contributed by atoms with Crippen molar-refractivity contribution in [2.75, 3.05) is 5.32 Å². The van der Waals surface area contributed by atoms with Crippen LogP contribution in [0.15, 0.2) is 61.1 Å². The van der Waals surface area contributed by atoms with Gasteiger partial charge in [-0.05, 0) is 42.3 Å². The summed E-state index contributed by atoms with van der Waals surface area (Å²) in [7, 11) is 0. The highest BCUT2D eigenvalue weighted by Gasteiger charge is 1.98. The average molecular weight is 278 g/mol. The van der Waals surface area contributed by atoms with Crippen LogP contribution in [0, 0.1) is 6.92 Å². The smallest absolute Gasteiger partial charge is 0.0659 e. The Bertz CT molecular complexity index is 670. The highest BCUT2D eigenvalue weighted by Crippen LogP contribution is 2.12. The molecule has 4 nitrogen and oxygen atoms in total. The molecule has 0 aliphatic heterocycles. The molecule has 0 spiro atoms. The van der Waals surface area contributed by atoms with Gasteiger partial charge in [0.1, 0.15) is 0 Å². The maximum absolute atomic E-state index is 4.30. The van der Waals surface area contributed by atoms with E-state index in [1.54, 1.807) is 6.20 Å². The van der Waals surface area contributed by atoms with Gasteiger partial charge < -0.3 is 5.32 Å². The summed E-state index contributed by atoms with van der Waals surface area (Å²) in [5.41, 5.74) is 4.57. The molecule has 0 fully saturated rings. The van der Waals surface area contributed by atoms with Crippen LogP contribution in [0.25, 0.3) is 0 Å². The number of rotatable bonds is 5. The molecule has 3 rings (SSSR count). The molecule has 0 aliphatic rings. The van der Waals surface area contributed by atoms with Gasteiger partial charge in [-0.15, -0.1) is 0 Å². The Balaban J connectivity index is 1.58. The Kier molecular flexibility index (Phi) is 3.96. The second-order valence-electron chi connectivity index (χ2n) is 5.06. The molecule has 0 aliphatic carbocycles. The average Bonchev–Trinajstić information content (AvgIpc) is 3.01. The van der Waals surface area contributed by atoms with E-state index in [0.29, 0.717) is 0 Å². The van der Waals surface area contributed by atoms with Gasteiger partial charge in [-0.3, -0.25) is 9.67 Å². The van der Waals surface area contributed by atoms with E-state index >= 15 is 0 Å². The summed E-state index contributed by atoms with van der Waals surface area (Å²) < 4.78 is 1.92. The molecule has 106 valence electrons. The van der Waals surface area contributed by atoms with Crippen LogP contribution in [-0.4, -0.2) is 14.8 Å². The lowest BCUT2D eigenvalue weighted by Gasteiger charge is -2.08. The summed E-state index contributed by atoms with van der Waals surface area (Å²) in [6.07, 6.45) is 5.68. The summed E-state index contributed by atoms with van der Waals surface area (Å²) in [6, 6.07) is 14.5. The predicted octanol–water partition coefficient (Wildman–Crippen LogP) is 3.25. The summed E-state index contributed by atoms with van der Waals surface area (Å²) in [5.74, 6) is 0. The first-order chi connectivity index (χ1) is 10.3. The minimum Gasteiger partial charge on any atom is -0.381 e. The third kappa shape index (κ3) is 3.69. The van der Waals surface area contributed by atoms with E-state index in [1.807, 2.05) is 36.1 Å². The van der Waals surface area contributed by atoms with Crippen molar-refractivity contribution in [1.29, 1.82) is 0 Å². The highest BCUT2D eigenvalue weighted by molar-refractivity contribution is 5.45. The fraction of sp³-hybridized carbons (Fsp3) is 0.176. The molecule has 1 aromatic carbocycles. The number of nitrogens with zero attached hydrogens (tertiary/aromatic N) is 3. The topological polar surface area (TPSA) is 42.7 Å². The largest absolute Gasteiger partial charge is 0.381 e. The minimum absolute atomic E-state index is 0.784. The molecule has 0 bridgehead atoms. The Morgan fingerprint density at radius 2 is 1.86 bits per heavy atom. The lowest BCUT2D eigenvalue weighted by atomic mass is 10.2. The Morgan fingerprint density at radius 1 is 1.05 bits per heavy atom. The first-order valence-electron chi connectivity index (χ1n) is 7.01. The molecule has 3 aromatic rings. The molecule has 0 radical (unpaired) electrons. The molecule has 0 unspecified atom stereocenters. The summed E-state index contributed by atoms with van der Waals surface area (Å²) >= 11 is 0. The number of aromatic nitrogens is 3. The highest BCUT2D eigenvalue weighted by atomic mass is 15.3. The Morgan fingerprint density at radius 3 is 2.52 bits per heavy atom. The maximum Gasteiger partial charge on any atom is 0.0659 e. The van der Waals surface area contributed by atoms with Crippen molar-refractivity contribution in [3.63, 3.8) is 0 Å². The van der Waals surface area contributed by atoms with Gasteiger partial charge in [0.2, 0.25) is 0 Å². The van der Waals surface area contributed by atoms with E-state index in [2.05, 4.69) is 45.7 Å². The normalized spacial score (nSPS) is 10.5. The second kappa shape index (κ2) is 6.22. The molecule has 0 saturated heterocycles. The molecule has 0 amide bonds. The third-order valence-corrected chi connectivity index (χ3v) is 3.33. The van der Waals surface area contributed by atoms with Crippen molar-refractivity contribution in [3.8, 4) is 0 Å². The Hall–Kier alpha value is -2.62. The quantitative estimate of drug-likeness (QED) is 0.779. The lowest BCUT2D eigenvalue weighted by molar-refractivity contribution is 0.687. The first-order valence-corrected chi connectivity index (χ1v) is 7.01. The molecule has 1 N–H and O–H groups in total. The van der Waals surface area contributed by atoms with Gasteiger partial charge in [-0.1, -0.05) is 18.2 Å². The van der Waals surface area contributed by atoms with Crippen molar-refractivity contribution < 1.29 is 0 Å². The van der Waals surface area contributed by atoms with Crippen LogP contribution in [0.1, 0.15) is 16.8 Å². The van der Waals surface area contributed by atoms with Gasteiger partial charge in [0.05, 0.1) is 6.54 Å². The van der Waals surface area contributed by atoms with Crippen LogP contribution in [-0.2, 0) is 13.1 Å². The van der Waals surface area contributed by atoms with Crippen molar-refractivity contribution in [2.24, 2.45) is 0 Å². The molecule has 0 atom stereocenters. The van der Waals surface area contributed by atoms with E-state index in [0.717, 1.165) is 24.5 Å². The number of benzene rings is 1.